The third kappa shape index (κ3) is 4.02. The molecule has 1 aliphatic carbocycles. The standard InChI is InChI=1S/C14H21NO2/c1-11(16-2)10-17-14-6-4-3-5-12(14)9-15-13-7-8-13/h3-6,11,13,15H,7-10H2,1-2H3. The number of hydrogen-bond donors (Lipinski definition) is 1. The topological polar surface area (TPSA) is 30.5 Å². The second kappa shape index (κ2) is 6.03. The summed E-state index contributed by atoms with van der Waals surface area (Å²) >= 11 is 0. The largest absolute Gasteiger partial charge is 0.491 e. The van der Waals surface area contributed by atoms with Gasteiger partial charge in [0.1, 0.15) is 12.4 Å². The second-order valence-electron chi connectivity index (χ2n) is 4.62. The Morgan fingerprint density at radius 3 is 2.82 bits per heavy atom. The number of methoxy groups -OCH3 is 1. The number of ether oxygens (including phenoxy) is 2. The van der Waals surface area contributed by atoms with Crippen LogP contribution in [-0.4, -0.2) is 25.9 Å². The summed E-state index contributed by atoms with van der Waals surface area (Å²) in [4.78, 5) is 0. The first-order chi connectivity index (χ1) is 8.29. The average Bonchev–Trinajstić information content (AvgIpc) is 3.18. The zero-order chi connectivity index (χ0) is 12.1. The molecule has 0 aliphatic heterocycles. The van der Waals surface area contributed by atoms with Crippen molar-refractivity contribution in [3.05, 3.63) is 29.8 Å². The fourth-order valence-corrected chi connectivity index (χ4v) is 1.61. The first kappa shape index (κ1) is 12.4. The van der Waals surface area contributed by atoms with Crippen molar-refractivity contribution in [1.29, 1.82) is 0 Å². The highest BCUT2D eigenvalue weighted by Gasteiger charge is 2.20. The highest BCUT2D eigenvalue weighted by Crippen LogP contribution is 2.22. The summed E-state index contributed by atoms with van der Waals surface area (Å²) in [5.74, 6) is 0.963. The first-order valence-electron chi connectivity index (χ1n) is 6.26. The quantitative estimate of drug-likeness (QED) is 0.787. The summed E-state index contributed by atoms with van der Waals surface area (Å²) in [5.41, 5.74) is 1.22. The van der Waals surface area contributed by atoms with Crippen LogP contribution in [0.2, 0.25) is 0 Å². The van der Waals surface area contributed by atoms with Crippen molar-refractivity contribution in [3.63, 3.8) is 0 Å². The Morgan fingerprint density at radius 1 is 1.35 bits per heavy atom. The highest BCUT2D eigenvalue weighted by molar-refractivity contribution is 5.33. The van der Waals surface area contributed by atoms with Crippen molar-refractivity contribution in [2.75, 3.05) is 13.7 Å². The molecule has 1 aromatic carbocycles. The molecule has 2 rings (SSSR count). The highest BCUT2D eigenvalue weighted by atomic mass is 16.5. The van der Waals surface area contributed by atoms with Crippen LogP contribution in [0.15, 0.2) is 24.3 Å². The molecule has 3 nitrogen and oxygen atoms in total. The van der Waals surface area contributed by atoms with Gasteiger partial charge in [0.15, 0.2) is 0 Å². The summed E-state index contributed by atoms with van der Waals surface area (Å²) in [6, 6.07) is 8.92. The van der Waals surface area contributed by atoms with E-state index in [4.69, 9.17) is 9.47 Å². The summed E-state index contributed by atoms with van der Waals surface area (Å²) < 4.78 is 11.0. The molecule has 0 aromatic heterocycles. The minimum Gasteiger partial charge on any atom is -0.491 e. The van der Waals surface area contributed by atoms with Crippen LogP contribution in [0, 0.1) is 0 Å². The monoisotopic (exact) mass is 235 g/mol. The van der Waals surface area contributed by atoms with E-state index < -0.39 is 0 Å². The molecule has 1 aliphatic rings. The van der Waals surface area contributed by atoms with Gasteiger partial charge < -0.3 is 14.8 Å². The first-order valence-corrected chi connectivity index (χ1v) is 6.26. The van der Waals surface area contributed by atoms with Gasteiger partial charge in [-0.2, -0.15) is 0 Å². The molecule has 0 bridgehead atoms. The molecule has 0 spiro atoms. The molecule has 1 N–H and O–H groups in total. The lowest BCUT2D eigenvalue weighted by Crippen LogP contribution is -2.19. The summed E-state index contributed by atoms with van der Waals surface area (Å²) in [6.07, 6.45) is 2.74. The van der Waals surface area contributed by atoms with Crippen molar-refractivity contribution < 1.29 is 9.47 Å². The molecule has 1 fully saturated rings. The van der Waals surface area contributed by atoms with E-state index in [9.17, 15) is 0 Å². The van der Waals surface area contributed by atoms with Crippen LogP contribution in [0.4, 0.5) is 0 Å². The maximum absolute atomic E-state index is 5.78. The Morgan fingerprint density at radius 2 is 2.12 bits per heavy atom. The Hall–Kier alpha value is -1.06. The maximum atomic E-state index is 5.78. The number of nitrogens with one attached hydrogen (secondary N) is 1. The van der Waals surface area contributed by atoms with Crippen molar-refractivity contribution in [2.24, 2.45) is 0 Å². The van der Waals surface area contributed by atoms with Crippen LogP contribution in [0.5, 0.6) is 5.75 Å². The van der Waals surface area contributed by atoms with E-state index in [1.807, 2.05) is 19.1 Å². The third-order valence-corrected chi connectivity index (χ3v) is 3.01. The van der Waals surface area contributed by atoms with Crippen molar-refractivity contribution in [1.82, 2.24) is 5.32 Å². The van der Waals surface area contributed by atoms with Crippen LogP contribution in [0.25, 0.3) is 0 Å². The van der Waals surface area contributed by atoms with Crippen LogP contribution < -0.4 is 10.1 Å². The van der Waals surface area contributed by atoms with Gasteiger partial charge in [-0.25, -0.2) is 0 Å². The molecule has 1 aromatic rings. The lowest BCUT2D eigenvalue weighted by molar-refractivity contribution is 0.0712. The van der Waals surface area contributed by atoms with E-state index in [0.29, 0.717) is 6.61 Å². The molecule has 1 atom stereocenters. The molecule has 1 unspecified atom stereocenters. The summed E-state index contributed by atoms with van der Waals surface area (Å²) in [5, 5.41) is 3.50. The molecular weight excluding hydrogens is 214 g/mol. The van der Waals surface area contributed by atoms with Gasteiger partial charge >= 0.3 is 0 Å². The van der Waals surface area contributed by atoms with Gasteiger partial charge in [-0.05, 0) is 25.8 Å². The van der Waals surface area contributed by atoms with E-state index >= 15 is 0 Å². The number of benzene rings is 1. The predicted molar refractivity (Wildman–Crippen MR) is 68.3 cm³/mol. The molecule has 0 radical (unpaired) electrons. The van der Waals surface area contributed by atoms with Gasteiger partial charge in [0.05, 0.1) is 6.10 Å². The molecular formula is C14H21NO2. The second-order valence-corrected chi connectivity index (χ2v) is 4.62. The van der Waals surface area contributed by atoms with Crippen molar-refractivity contribution >= 4 is 0 Å². The summed E-state index contributed by atoms with van der Waals surface area (Å²) in [6.45, 7) is 3.49. The lowest BCUT2D eigenvalue weighted by Gasteiger charge is -2.14. The number of rotatable bonds is 7. The van der Waals surface area contributed by atoms with Crippen LogP contribution in [0.1, 0.15) is 25.3 Å². The van der Waals surface area contributed by atoms with Crippen LogP contribution in [-0.2, 0) is 11.3 Å². The zero-order valence-corrected chi connectivity index (χ0v) is 10.6. The van der Waals surface area contributed by atoms with Gasteiger partial charge in [0.2, 0.25) is 0 Å². The Kier molecular flexibility index (Phi) is 4.40. The van der Waals surface area contributed by atoms with E-state index in [1.165, 1.54) is 18.4 Å². The molecule has 0 saturated heterocycles. The third-order valence-electron chi connectivity index (χ3n) is 3.01. The fourth-order valence-electron chi connectivity index (χ4n) is 1.61. The van der Waals surface area contributed by atoms with Crippen molar-refractivity contribution in [3.8, 4) is 5.75 Å². The molecule has 94 valence electrons. The molecule has 0 amide bonds. The Balaban J connectivity index is 1.89. The average molecular weight is 235 g/mol. The van der Waals surface area contributed by atoms with Crippen LogP contribution in [0.3, 0.4) is 0 Å². The molecule has 1 saturated carbocycles. The normalized spacial score (nSPS) is 16.8. The smallest absolute Gasteiger partial charge is 0.123 e. The summed E-state index contributed by atoms with van der Waals surface area (Å²) in [7, 11) is 1.70. The molecule has 0 heterocycles. The van der Waals surface area contributed by atoms with E-state index in [2.05, 4.69) is 17.4 Å². The van der Waals surface area contributed by atoms with Gasteiger partial charge in [0.25, 0.3) is 0 Å². The maximum Gasteiger partial charge on any atom is 0.123 e. The van der Waals surface area contributed by atoms with E-state index in [-0.39, 0.29) is 6.10 Å². The number of hydrogen-bond acceptors (Lipinski definition) is 3. The Labute approximate surface area is 103 Å². The van der Waals surface area contributed by atoms with E-state index in [1.54, 1.807) is 7.11 Å². The lowest BCUT2D eigenvalue weighted by atomic mass is 10.2. The van der Waals surface area contributed by atoms with Crippen LogP contribution >= 0.6 is 0 Å². The van der Waals surface area contributed by atoms with Gasteiger partial charge in [-0.15, -0.1) is 0 Å². The Bertz CT molecular complexity index is 350. The SMILES string of the molecule is COC(C)COc1ccccc1CNC1CC1. The minimum atomic E-state index is 0.124. The van der Waals surface area contributed by atoms with Gasteiger partial charge in [0, 0.05) is 25.3 Å². The predicted octanol–water partition coefficient (Wildman–Crippen LogP) is 2.35. The van der Waals surface area contributed by atoms with Crippen molar-refractivity contribution in [2.45, 2.75) is 38.5 Å². The van der Waals surface area contributed by atoms with Gasteiger partial charge in [-0.3, -0.25) is 0 Å². The fraction of sp³-hybridized carbons (Fsp3) is 0.571. The number of para-hydroxylation sites is 1. The molecule has 3 heteroatoms. The molecule has 17 heavy (non-hydrogen) atoms. The van der Waals surface area contributed by atoms with Gasteiger partial charge in [-0.1, -0.05) is 18.2 Å². The minimum absolute atomic E-state index is 0.124. The van der Waals surface area contributed by atoms with E-state index in [0.717, 1.165) is 18.3 Å². The zero-order valence-electron chi connectivity index (χ0n) is 10.6.